The first-order chi connectivity index (χ1) is 13.9. The molecule has 4 rings (SSSR count). The van der Waals surface area contributed by atoms with E-state index >= 15 is 0 Å². The van der Waals surface area contributed by atoms with Crippen LogP contribution in [0, 0.1) is 40.1 Å². The number of rotatable bonds is 3. The number of halogens is 1. The quantitative estimate of drug-likeness (QED) is 0.286. The Kier molecular flexibility index (Phi) is 4.97. The summed E-state index contributed by atoms with van der Waals surface area (Å²) in [6.07, 6.45) is 13.1. The Labute approximate surface area is 185 Å². The smallest absolute Gasteiger partial charge is 0.282 e. The zero-order valence-corrected chi connectivity index (χ0v) is 20.3. The third-order valence-electron chi connectivity index (χ3n) is 8.83. The van der Waals surface area contributed by atoms with Crippen molar-refractivity contribution in [1.82, 2.24) is 0 Å². The van der Waals surface area contributed by atoms with Gasteiger partial charge < -0.3 is 9.53 Å². The zero-order valence-electron chi connectivity index (χ0n) is 18.5. The summed E-state index contributed by atoms with van der Waals surface area (Å²) < 4.78 is 5.40. The molecule has 0 radical (unpaired) electrons. The van der Waals surface area contributed by atoms with Crippen molar-refractivity contribution in [3.63, 3.8) is 0 Å². The van der Waals surface area contributed by atoms with Crippen molar-refractivity contribution in [2.45, 2.75) is 70.1 Å². The number of nitriles is 1. The third-order valence-corrected chi connectivity index (χ3v) is 13.1. The van der Waals surface area contributed by atoms with Crippen molar-refractivity contribution in [3.8, 4) is 6.26 Å². The molecule has 1 N–H and O–H groups in total. The van der Waals surface area contributed by atoms with E-state index in [1.165, 1.54) is 11.1 Å². The molecule has 2 fully saturated rings. The average Bonchev–Trinajstić information content (AvgIpc) is 2.95. The van der Waals surface area contributed by atoms with Gasteiger partial charge in [0.15, 0.2) is 5.78 Å². The Morgan fingerprint density at radius 1 is 1.37 bits per heavy atom. The molecule has 0 spiro atoms. The molecule has 0 amide bonds. The van der Waals surface area contributed by atoms with E-state index in [2.05, 4.69) is 32.9 Å². The molecular formula is C24H32ClNO3Si. The van der Waals surface area contributed by atoms with Gasteiger partial charge in [-0.2, -0.15) is 5.26 Å². The second-order valence-corrected chi connectivity index (χ2v) is 15.6. The lowest BCUT2D eigenvalue weighted by molar-refractivity contribution is -0.110. The zero-order chi connectivity index (χ0) is 22.1. The van der Waals surface area contributed by atoms with Gasteiger partial charge in [0.1, 0.15) is 0 Å². The van der Waals surface area contributed by atoms with E-state index < -0.39 is 18.9 Å². The Morgan fingerprint density at radius 3 is 2.73 bits per heavy atom. The Bertz CT molecular complexity index is 918. The van der Waals surface area contributed by atoms with E-state index in [-0.39, 0.29) is 16.6 Å². The molecule has 0 aliphatic heterocycles. The van der Waals surface area contributed by atoms with Crippen LogP contribution in [0.25, 0.3) is 0 Å². The highest BCUT2D eigenvalue weighted by atomic mass is 35.5. The van der Waals surface area contributed by atoms with Gasteiger partial charge in [0.25, 0.3) is 14.6 Å². The van der Waals surface area contributed by atoms with Crippen molar-refractivity contribution < 1.29 is 14.3 Å². The number of ketones is 1. The molecule has 4 aliphatic rings. The Morgan fingerprint density at radius 2 is 2.07 bits per heavy atom. The number of allylic oxidation sites excluding steroid dienone is 6. The monoisotopic (exact) mass is 445 g/mol. The fourth-order valence-corrected chi connectivity index (χ4v) is 9.59. The van der Waals surface area contributed by atoms with Gasteiger partial charge in [-0.1, -0.05) is 31.6 Å². The van der Waals surface area contributed by atoms with Crippen LogP contribution in [-0.2, 0) is 9.22 Å². The summed E-state index contributed by atoms with van der Waals surface area (Å²) in [6, 6.07) is 0. The molecule has 0 aromatic carbocycles. The molecular weight excluding hydrogens is 414 g/mol. The minimum Gasteiger partial charge on any atom is -0.481 e. The molecule has 6 heteroatoms. The molecule has 2 saturated carbocycles. The molecule has 30 heavy (non-hydrogen) atoms. The predicted molar refractivity (Wildman–Crippen MR) is 120 cm³/mol. The van der Waals surface area contributed by atoms with E-state index in [4.69, 9.17) is 21.3 Å². The number of fused-ring (bicyclic) bond motifs is 5. The van der Waals surface area contributed by atoms with Crippen LogP contribution < -0.4 is 0 Å². The first kappa shape index (κ1) is 21.9. The highest BCUT2D eigenvalue weighted by Gasteiger charge is 2.67. The van der Waals surface area contributed by atoms with Gasteiger partial charge in [-0.25, -0.2) is 0 Å². The molecule has 162 valence electrons. The normalized spacial score (nSPS) is 43.5. The maximum atomic E-state index is 12.0. The maximum Gasteiger partial charge on any atom is 0.282 e. The third kappa shape index (κ3) is 2.76. The van der Waals surface area contributed by atoms with Crippen LogP contribution in [0.1, 0.15) is 46.5 Å². The summed E-state index contributed by atoms with van der Waals surface area (Å²) in [5.41, 5.74) is 0.990. The summed E-state index contributed by atoms with van der Waals surface area (Å²) in [7, 11) is -2.60. The second kappa shape index (κ2) is 6.82. The van der Waals surface area contributed by atoms with Crippen molar-refractivity contribution in [1.29, 1.82) is 5.26 Å². The number of hydrogen-bond acceptors (Lipinski definition) is 4. The van der Waals surface area contributed by atoms with Gasteiger partial charge in [-0.3, -0.25) is 4.79 Å². The largest absolute Gasteiger partial charge is 0.481 e. The highest BCUT2D eigenvalue weighted by Crippen LogP contribution is 2.67. The molecule has 0 saturated heterocycles. The highest BCUT2D eigenvalue weighted by molar-refractivity contribution is 6.80. The number of carbonyl (C=O) groups excluding carboxylic acids is 1. The molecule has 2 unspecified atom stereocenters. The Balaban J connectivity index is 1.75. The first-order valence-electron chi connectivity index (χ1n) is 11.0. The lowest BCUT2D eigenvalue weighted by Gasteiger charge is -2.56. The van der Waals surface area contributed by atoms with Crippen molar-refractivity contribution in [2.24, 2.45) is 28.6 Å². The van der Waals surface area contributed by atoms with Gasteiger partial charge in [-0.15, -0.1) is 11.6 Å². The number of nitrogens with zero attached hydrogens (tertiary/aromatic N) is 1. The minimum atomic E-state index is -2.60. The Hall–Kier alpha value is -1.35. The second-order valence-electron chi connectivity index (χ2n) is 10.8. The summed E-state index contributed by atoms with van der Waals surface area (Å²) in [5.74, 6) is 1.08. The summed E-state index contributed by atoms with van der Waals surface area (Å²) in [4.78, 5) is 12.0. The van der Waals surface area contributed by atoms with Crippen molar-refractivity contribution >= 4 is 25.7 Å². The average molecular weight is 446 g/mol. The summed E-state index contributed by atoms with van der Waals surface area (Å²) in [6.45, 7) is 10.5. The maximum absolute atomic E-state index is 12.0. The standard InChI is InChI=1S/C24H32ClNO3Si/c1-15-12-17-18(22(2)9-6-16(27)13-20(15)22)7-10-23(3)19(17)8-11-24(23,28)21(25)30(4,5)29-14-26/h6-7,9,13,15,17,19,21,28H,8,10-12H2,1-5H3/t15-,17?,19?,21+,22+,23-,24-/m0/s1. The molecule has 0 aromatic rings. The van der Waals surface area contributed by atoms with Crippen molar-refractivity contribution in [2.75, 3.05) is 0 Å². The fraction of sp³-hybridized carbons (Fsp3) is 0.667. The van der Waals surface area contributed by atoms with Crippen LogP contribution in [0.5, 0.6) is 0 Å². The van der Waals surface area contributed by atoms with Crippen LogP contribution in [-0.4, -0.2) is 29.8 Å². The van der Waals surface area contributed by atoms with Crippen LogP contribution >= 0.6 is 11.6 Å². The first-order valence-corrected chi connectivity index (χ1v) is 14.4. The predicted octanol–water partition coefficient (Wildman–Crippen LogP) is 5.04. The van der Waals surface area contributed by atoms with Crippen LogP contribution in [0.3, 0.4) is 0 Å². The van der Waals surface area contributed by atoms with Gasteiger partial charge in [0.05, 0.1) is 10.6 Å². The fourth-order valence-electron chi connectivity index (χ4n) is 7.13. The number of alkyl halides is 1. The minimum absolute atomic E-state index is 0.0823. The topological polar surface area (TPSA) is 70.3 Å². The van der Waals surface area contributed by atoms with E-state index in [0.29, 0.717) is 24.2 Å². The summed E-state index contributed by atoms with van der Waals surface area (Å²) in [5, 5.41) is 20.5. The van der Waals surface area contributed by atoms with E-state index in [0.717, 1.165) is 19.3 Å². The van der Waals surface area contributed by atoms with Gasteiger partial charge in [0, 0.05) is 10.8 Å². The van der Waals surface area contributed by atoms with Gasteiger partial charge in [-0.05, 0) is 81.2 Å². The van der Waals surface area contributed by atoms with E-state index in [9.17, 15) is 9.90 Å². The molecule has 4 nitrogen and oxygen atoms in total. The SMILES string of the molecule is C[C@H]1CC2C(=CC[C@@]3(C)C2CC[C@]3(O)[C@H](Cl)[Si](C)(C)OC#N)[C@@]2(C)C=CC(=O)C=C12. The molecule has 0 aromatic heterocycles. The number of hydrogen-bond donors (Lipinski definition) is 1. The molecule has 0 bridgehead atoms. The molecule has 0 heterocycles. The van der Waals surface area contributed by atoms with E-state index in [1.807, 2.05) is 25.4 Å². The molecule has 4 aliphatic carbocycles. The van der Waals surface area contributed by atoms with Crippen molar-refractivity contribution in [3.05, 3.63) is 35.5 Å². The number of aliphatic hydroxyl groups is 1. The van der Waals surface area contributed by atoms with Gasteiger partial charge >= 0.3 is 0 Å². The molecule has 7 atom stereocenters. The van der Waals surface area contributed by atoms with Gasteiger partial charge in [0.2, 0.25) is 0 Å². The van der Waals surface area contributed by atoms with Crippen LogP contribution in [0.2, 0.25) is 13.1 Å². The number of carbonyl (C=O) groups is 1. The van der Waals surface area contributed by atoms with Crippen LogP contribution in [0.15, 0.2) is 35.5 Å². The van der Waals surface area contributed by atoms with Crippen LogP contribution in [0.4, 0.5) is 0 Å². The summed E-state index contributed by atoms with van der Waals surface area (Å²) >= 11 is 6.92. The lowest BCUT2D eigenvalue weighted by Crippen LogP contribution is -2.62. The van der Waals surface area contributed by atoms with E-state index in [1.54, 1.807) is 6.08 Å². The lowest BCUT2D eigenvalue weighted by atomic mass is 9.50.